The van der Waals surface area contributed by atoms with Crippen molar-refractivity contribution in [3.8, 4) is 17.0 Å². The maximum Gasteiger partial charge on any atom is 0.214 e. The Balaban J connectivity index is 1.31. The van der Waals surface area contributed by atoms with Crippen LogP contribution >= 0.6 is 11.6 Å². The maximum atomic E-state index is 11.9. The molecule has 5 heterocycles. The number of pyridine rings is 1. The van der Waals surface area contributed by atoms with Gasteiger partial charge in [0.25, 0.3) is 0 Å². The van der Waals surface area contributed by atoms with Crippen LogP contribution in [-0.4, -0.2) is 81.3 Å². The number of rotatable bonds is 6. The highest BCUT2D eigenvalue weighted by Gasteiger charge is 2.37. The lowest BCUT2D eigenvalue weighted by Gasteiger charge is -2.36. The largest absolute Gasteiger partial charge is 0.472 e. The quantitative estimate of drug-likeness (QED) is 0.686. The number of Topliss-reactive ketones (excluding diaryl/α,β-unsaturated/α-hetero) is 1. The van der Waals surface area contributed by atoms with Gasteiger partial charge < -0.3 is 19.5 Å². The second-order valence-corrected chi connectivity index (χ2v) is 9.25. The average Bonchev–Trinajstić information content (AvgIpc) is 3.33. The van der Waals surface area contributed by atoms with Gasteiger partial charge in [0.05, 0.1) is 37.7 Å². The predicted octanol–water partition coefficient (Wildman–Crippen LogP) is 1.88. The fraction of sp³-hybridized carbons (Fsp3) is 0.478. The van der Waals surface area contributed by atoms with E-state index in [9.17, 15) is 9.90 Å². The van der Waals surface area contributed by atoms with Gasteiger partial charge in [-0.25, -0.2) is 4.98 Å². The molecule has 0 aromatic carbocycles. The van der Waals surface area contributed by atoms with E-state index in [2.05, 4.69) is 15.1 Å². The second-order valence-electron chi connectivity index (χ2n) is 8.87. The summed E-state index contributed by atoms with van der Waals surface area (Å²) in [5.41, 5.74) is 3.63. The highest BCUT2D eigenvalue weighted by atomic mass is 35.5. The van der Waals surface area contributed by atoms with Gasteiger partial charge >= 0.3 is 0 Å². The van der Waals surface area contributed by atoms with Gasteiger partial charge in [0, 0.05) is 42.7 Å². The summed E-state index contributed by atoms with van der Waals surface area (Å²) in [5.74, 6) is 0.376. The fourth-order valence-electron chi connectivity index (χ4n) is 4.52. The first-order valence-electron chi connectivity index (χ1n) is 11.0. The van der Waals surface area contributed by atoms with Gasteiger partial charge in [0.15, 0.2) is 5.78 Å². The van der Waals surface area contributed by atoms with Crippen LogP contribution in [-0.2, 0) is 16.1 Å². The van der Waals surface area contributed by atoms with Crippen LogP contribution in [0.25, 0.3) is 11.1 Å². The van der Waals surface area contributed by atoms with E-state index in [-0.39, 0.29) is 23.5 Å². The Hall–Kier alpha value is -2.75. The summed E-state index contributed by atoms with van der Waals surface area (Å²) in [6, 6.07) is 3.86. The highest BCUT2D eigenvalue weighted by Crippen LogP contribution is 2.31. The lowest BCUT2D eigenvalue weighted by molar-refractivity contribution is -0.186. The van der Waals surface area contributed by atoms with Crippen LogP contribution in [0.4, 0.5) is 0 Å². The molecule has 2 saturated heterocycles. The summed E-state index contributed by atoms with van der Waals surface area (Å²) in [4.78, 5) is 22.4. The summed E-state index contributed by atoms with van der Waals surface area (Å²) in [6.45, 7) is 6.45. The van der Waals surface area contributed by atoms with Crippen molar-refractivity contribution in [3.63, 3.8) is 0 Å². The van der Waals surface area contributed by atoms with E-state index in [1.165, 1.54) is 0 Å². The molecule has 3 aliphatic rings. The zero-order valence-corrected chi connectivity index (χ0v) is 19.4. The van der Waals surface area contributed by atoms with Crippen molar-refractivity contribution in [2.24, 2.45) is 4.99 Å². The molecule has 1 atom stereocenters. The molecule has 0 amide bonds. The molecule has 33 heavy (non-hydrogen) atoms. The Morgan fingerprint density at radius 2 is 2.18 bits per heavy atom. The molecule has 2 fully saturated rings. The van der Waals surface area contributed by atoms with E-state index in [1.807, 2.05) is 35.6 Å². The number of halogens is 1. The Morgan fingerprint density at radius 3 is 2.94 bits per heavy atom. The van der Waals surface area contributed by atoms with Crippen molar-refractivity contribution >= 4 is 23.6 Å². The van der Waals surface area contributed by atoms with Crippen LogP contribution in [0.1, 0.15) is 17.8 Å². The van der Waals surface area contributed by atoms with E-state index >= 15 is 0 Å². The van der Waals surface area contributed by atoms with Crippen molar-refractivity contribution in [2.75, 3.05) is 32.8 Å². The van der Waals surface area contributed by atoms with Crippen molar-refractivity contribution in [1.82, 2.24) is 19.7 Å². The lowest BCUT2D eigenvalue weighted by Crippen LogP contribution is -2.52. The molecule has 0 radical (unpaired) electrons. The van der Waals surface area contributed by atoms with Crippen LogP contribution in [0, 0.1) is 13.8 Å². The number of aliphatic hydroxyl groups is 1. The minimum atomic E-state index is -0.854. The number of ether oxygens (including phenoxy) is 2. The number of hydrogen-bond acceptors (Lipinski definition) is 8. The summed E-state index contributed by atoms with van der Waals surface area (Å²) in [5, 5.41) is 15.3. The zero-order chi connectivity index (χ0) is 23.2. The first-order valence-corrected chi connectivity index (χ1v) is 11.4. The number of nitrogens with zero attached hydrogens (tertiary/aromatic N) is 5. The molecule has 0 saturated carbocycles. The topological polar surface area (TPSA) is 102 Å². The maximum absolute atomic E-state index is 11.9. The van der Waals surface area contributed by atoms with Gasteiger partial charge in [0.2, 0.25) is 5.88 Å². The molecular weight excluding hydrogens is 446 g/mol. The second kappa shape index (κ2) is 8.55. The van der Waals surface area contributed by atoms with E-state index < -0.39 is 5.60 Å². The monoisotopic (exact) mass is 471 g/mol. The summed E-state index contributed by atoms with van der Waals surface area (Å²) in [6.07, 6.45) is 4.11. The Bertz CT molecular complexity index is 1150. The van der Waals surface area contributed by atoms with Gasteiger partial charge in [-0.05, 0) is 25.5 Å². The molecule has 0 aliphatic carbocycles. The number of ketones is 1. The Kier molecular flexibility index (Phi) is 5.72. The molecule has 3 aliphatic heterocycles. The third kappa shape index (κ3) is 4.28. The van der Waals surface area contributed by atoms with Gasteiger partial charge in [-0.2, -0.15) is 5.10 Å². The molecule has 10 heteroatoms. The van der Waals surface area contributed by atoms with Crippen LogP contribution in [0.2, 0.25) is 0 Å². The van der Waals surface area contributed by atoms with Gasteiger partial charge in [0.1, 0.15) is 23.3 Å². The number of hydrogen-bond donors (Lipinski definition) is 1. The van der Waals surface area contributed by atoms with E-state index in [4.69, 9.17) is 21.1 Å². The van der Waals surface area contributed by atoms with Gasteiger partial charge in [-0.15, -0.1) is 0 Å². The van der Waals surface area contributed by atoms with Crippen molar-refractivity contribution in [3.05, 3.63) is 40.4 Å². The van der Waals surface area contributed by atoms with Crippen LogP contribution < -0.4 is 4.74 Å². The van der Waals surface area contributed by atoms with Gasteiger partial charge in [-0.3, -0.25) is 14.5 Å². The molecular formula is C23H26ClN5O4. The van der Waals surface area contributed by atoms with Crippen molar-refractivity contribution in [1.29, 1.82) is 0 Å². The van der Waals surface area contributed by atoms with Crippen LogP contribution in [0.5, 0.6) is 5.88 Å². The first-order chi connectivity index (χ1) is 15.8. The van der Waals surface area contributed by atoms with Crippen LogP contribution in [0.3, 0.4) is 0 Å². The van der Waals surface area contributed by atoms with E-state index in [0.29, 0.717) is 37.9 Å². The number of aryl methyl sites for hydroxylation is 1. The Morgan fingerprint density at radius 1 is 1.36 bits per heavy atom. The Labute approximate surface area is 196 Å². The summed E-state index contributed by atoms with van der Waals surface area (Å²) >= 11 is 6.21. The zero-order valence-electron chi connectivity index (χ0n) is 18.6. The number of allylic oxidation sites excluding steroid dienone is 1. The standard InChI is InChI=1S/C23H26ClN5O4/c1-14-21(15(2)29(27-14)11-23(31)12-32-13-23)16-3-5-26-20(7-16)33-17-4-6-28(10-17)18-8-25-9-19(30)22(18)24/h3,5,7-8,17,31H,4,6,9-13H2,1-2H3/t17-/m1/s1. The lowest BCUT2D eigenvalue weighted by atomic mass is 10.0. The number of carbonyl (C=O) groups is 1. The van der Waals surface area contributed by atoms with Crippen molar-refractivity contribution < 1.29 is 19.4 Å². The number of dihydropyridines is 1. The number of aliphatic imine (C=N–C) groups is 1. The smallest absolute Gasteiger partial charge is 0.214 e. The minimum Gasteiger partial charge on any atom is -0.472 e. The van der Waals surface area contributed by atoms with E-state index in [0.717, 1.165) is 35.5 Å². The molecule has 0 unspecified atom stereocenters. The van der Waals surface area contributed by atoms with Crippen LogP contribution in [0.15, 0.2) is 34.1 Å². The summed E-state index contributed by atoms with van der Waals surface area (Å²) in [7, 11) is 0. The SMILES string of the molecule is Cc1nn(CC2(O)COC2)c(C)c1-c1ccnc(O[C@@H]2CCN(C3=C(Cl)C(=O)CN=C3)C2)c1. The normalized spacial score (nSPS) is 22.1. The molecule has 0 bridgehead atoms. The van der Waals surface area contributed by atoms with E-state index in [1.54, 1.807) is 12.4 Å². The van der Waals surface area contributed by atoms with Crippen molar-refractivity contribution in [2.45, 2.75) is 38.5 Å². The number of carbonyl (C=O) groups excluding carboxylic acids is 1. The third-order valence-corrected chi connectivity index (χ3v) is 6.69. The van der Waals surface area contributed by atoms with Gasteiger partial charge in [-0.1, -0.05) is 11.6 Å². The molecule has 2 aromatic heterocycles. The molecule has 1 N–H and O–H groups in total. The molecule has 0 spiro atoms. The minimum absolute atomic E-state index is 0.0760. The third-order valence-electron chi connectivity index (χ3n) is 6.28. The number of likely N-dealkylation sites (tertiary alicyclic amines) is 1. The predicted molar refractivity (Wildman–Crippen MR) is 123 cm³/mol. The molecule has 174 valence electrons. The molecule has 9 nitrogen and oxygen atoms in total. The fourth-order valence-corrected chi connectivity index (χ4v) is 4.75. The number of aromatic nitrogens is 3. The first kappa shape index (κ1) is 22.1. The summed E-state index contributed by atoms with van der Waals surface area (Å²) < 4.78 is 13.2. The molecule has 2 aromatic rings. The highest BCUT2D eigenvalue weighted by molar-refractivity contribution is 6.44. The average molecular weight is 472 g/mol. The molecule has 5 rings (SSSR count).